The third kappa shape index (κ3) is 3.22. The van der Waals surface area contributed by atoms with Gasteiger partial charge < -0.3 is 9.64 Å². The van der Waals surface area contributed by atoms with Crippen LogP contribution in [0.15, 0.2) is 24.5 Å². The zero-order valence-electron chi connectivity index (χ0n) is 11.8. The number of anilines is 1. The molecule has 2 aromatic rings. The van der Waals surface area contributed by atoms with Crippen molar-refractivity contribution in [2.24, 2.45) is 0 Å². The van der Waals surface area contributed by atoms with E-state index in [1.165, 1.54) is 24.5 Å². The summed E-state index contributed by atoms with van der Waals surface area (Å²) in [5.41, 5.74) is 0.752. The molecule has 1 aliphatic rings. The average molecular weight is 353 g/mol. The van der Waals surface area contributed by atoms with Crippen LogP contribution in [0.4, 0.5) is 10.2 Å². The molecule has 0 radical (unpaired) electrons. The summed E-state index contributed by atoms with van der Waals surface area (Å²) in [5.74, 6) is -0.0714. The first-order valence-corrected chi connectivity index (χ1v) is 7.58. The molecule has 1 atom stereocenters. The van der Waals surface area contributed by atoms with Crippen LogP contribution < -0.4 is 4.90 Å². The first-order valence-electron chi connectivity index (χ1n) is 6.82. The predicted molar refractivity (Wildman–Crippen MR) is 84.1 cm³/mol. The second-order valence-corrected chi connectivity index (χ2v) is 5.75. The van der Waals surface area contributed by atoms with Crippen molar-refractivity contribution >= 4 is 29.0 Å². The molecule has 3 rings (SSSR count). The van der Waals surface area contributed by atoms with Gasteiger partial charge in [-0.2, -0.15) is 5.26 Å². The summed E-state index contributed by atoms with van der Waals surface area (Å²) in [4.78, 5) is 10.1. The summed E-state index contributed by atoms with van der Waals surface area (Å²) in [7, 11) is 0. The maximum absolute atomic E-state index is 13.7. The molecule has 2 heterocycles. The van der Waals surface area contributed by atoms with Crippen molar-refractivity contribution in [2.45, 2.75) is 6.10 Å². The van der Waals surface area contributed by atoms with Gasteiger partial charge in [-0.25, -0.2) is 14.4 Å². The fraction of sp³-hybridized carbons (Fsp3) is 0.267. The highest BCUT2D eigenvalue weighted by atomic mass is 35.5. The monoisotopic (exact) mass is 352 g/mol. The van der Waals surface area contributed by atoms with Gasteiger partial charge in [0.2, 0.25) is 0 Å². The van der Waals surface area contributed by atoms with Gasteiger partial charge in [-0.05, 0) is 12.1 Å². The van der Waals surface area contributed by atoms with E-state index in [4.69, 9.17) is 33.2 Å². The van der Waals surface area contributed by atoms with Gasteiger partial charge in [-0.15, -0.1) is 0 Å². The van der Waals surface area contributed by atoms with E-state index in [0.29, 0.717) is 36.1 Å². The highest BCUT2D eigenvalue weighted by molar-refractivity contribution is 6.35. The lowest BCUT2D eigenvalue weighted by molar-refractivity contribution is 0.0393. The Morgan fingerprint density at radius 3 is 2.83 bits per heavy atom. The van der Waals surface area contributed by atoms with Crippen LogP contribution in [-0.4, -0.2) is 29.7 Å². The fourth-order valence-corrected chi connectivity index (χ4v) is 2.96. The molecule has 1 aromatic heterocycles. The molecular formula is C15H11Cl2FN4O. The number of nitrogens with zero attached hydrogens (tertiary/aromatic N) is 4. The Balaban J connectivity index is 1.90. The number of morpholine rings is 1. The van der Waals surface area contributed by atoms with Crippen molar-refractivity contribution in [3.05, 3.63) is 51.6 Å². The summed E-state index contributed by atoms with van der Waals surface area (Å²) in [6.45, 7) is 1.33. The summed E-state index contributed by atoms with van der Waals surface area (Å²) >= 11 is 11.9. The van der Waals surface area contributed by atoms with E-state index < -0.39 is 11.9 Å². The van der Waals surface area contributed by atoms with E-state index >= 15 is 0 Å². The van der Waals surface area contributed by atoms with Gasteiger partial charge in [0.05, 0.1) is 18.2 Å². The topological polar surface area (TPSA) is 62.0 Å². The van der Waals surface area contributed by atoms with Crippen molar-refractivity contribution < 1.29 is 9.13 Å². The Labute approximate surface area is 142 Å². The molecule has 0 aliphatic carbocycles. The van der Waals surface area contributed by atoms with Crippen LogP contribution in [0.2, 0.25) is 10.0 Å². The maximum Gasteiger partial charge on any atom is 0.183 e. The van der Waals surface area contributed by atoms with E-state index in [9.17, 15) is 4.39 Å². The van der Waals surface area contributed by atoms with Gasteiger partial charge in [0, 0.05) is 29.5 Å². The van der Waals surface area contributed by atoms with Gasteiger partial charge in [-0.1, -0.05) is 23.2 Å². The Kier molecular flexibility index (Phi) is 4.62. The molecule has 0 spiro atoms. The Bertz CT molecular complexity index is 781. The summed E-state index contributed by atoms with van der Waals surface area (Å²) in [5, 5.41) is 9.45. The summed E-state index contributed by atoms with van der Waals surface area (Å²) < 4.78 is 19.4. The van der Waals surface area contributed by atoms with Crippen molar-refractivity contribution in [1.82, 2.24) is 9.97 Å². The van der Waals surface area contributed by atoms with Crippen LogP contribution in [0.25, 0.3) is 0 Å². The molecule has 1 aliphatic heterocycles. The zero-order chi connectivity index (χ0) is 16.4. The van der Waals surface area contributed by atoms with Crippen molar-refractivity contribution in [2.75, 3.05) is 24.6 Å². The molecular weight excluding hydrogens is 342 g/mol. The van der Waals surface area contributed by atoms with E-state index in [1.807, 2.05) is 11.0 Å². The predicted octanol–water partition coefficient (Wildman–Crippen LogP) is 3.37. The molecule has 1 unspecified atom stereocenters. The average Bonchev–Trinajstić information content (AvgIpc) is 2.58. The van der Waals surface area contributed by atoms with Gasteiger partial charge in [0.15, 0.2) is 11.5 Å². The van der Waals surface area contributed by atoms with E-state index in [0.717, 1.165) is 0 Å². The smallest absolute Gasteiger partial charge is 0.183 e. The van der Waals surface area contributed by atoms with E-state index in [1.54, 1.807) is 0 Å². The normalized spacial score (nSPS) is 17.8. The first-order chi connectivity index (χ1) is 11.1. The van der Waals surface area contributed by atoms with Gasteiger partial charge in [-0.3, -0.25) is 0 Å². The highest BCUT2D eigenvalue weighted by Crippen LogP contribution is 2.33. The Hall–Kier alpha value is -1.94. The molecule has 23 heavy (non-hydrogen) atoms. The van der Waals surface area contributed by atoms with Gasteiger partial charge in [0.1, 0.15) is 18.0 Å². The largest absolute Gasteiger partial charge is 0.370 e. The van der Waals surface area contributed by atoms with Crippen LogP contribution in [0.1, 0.15) is 17.4 Å². The van der Waals surface area contributed by atoms with Crippen molar-refractivity contribution in [3.63, 3.8) is 0 Å². The minimum atomic E-state index is -0.552. The number of hydrogen-bond acceptors (Lipinski definition) is 5. The third-order valence-corrected chi connectivity index (χ3v) is 4.15. The molecule has 0 saturated carbocycles. The SMILES string of the molecule is N#Cc1nccnc1N1CCOC(c2cc(F)c(Cl)cc2Cl)C1. The van der Waals surface area contributed by atoms with Gasteiger partial charge >= 0.3 is 0 Å². The molecule has 1 saturated heterocycles. The van der Waals surface area contributed by atoms with E-state index in [-0.39, 0.29) is 10.7 Å². The minimum absolute atomic E-state index is 0.0351. The molecule has 0 amide bonds. The molecule has 0 N–H and O–H groups in total. The quantitative estimate of drug-likeness (QED) is 0.775. The number of hydrogen-bond donors (Lipinski definition) is 0. The lowest BCUT2D eigenvalue weighted by Crippen LogP contribution is -2.39. The Morgan fingerprint density at radius 2 is 2.04 bits per heavy atom. The van der Waals surface area contributed by atoms with Crippen LogP contribution in [0, 0.1) is 17.1 Å². The van der Waals surface area contributed by atoms with Crippen LogP contribution >= 0.6 is 23.2 Å². The van der Waals surface area contributed by atoms with Crippen LogP contribution in [-0.2, 0) is 4.74 Å². The van der Waals surface area contributed by atoms with Crippen LogP contribution in [0.3, 0.4) is 0 Å². The lowest BCUT2D eigenvalue weighted by Gasteiger charge is -2.34. The molecule has 1 aromatic carbocycles. The standard InChI is InChI=1S/C15H11Cl2FN4O/c16-10-6-11(17)12(18)5-9(10)14-8-22(3-4-23-14)15-13(7-19)20-1-2-21-15/h1-2,5-6,14H,3-4,8H2. The van der Waals surface area contributed by atoms with Crippen molar-refractivity contribution in [3.8, 4) is 6.07 Å². The Morgan fingerprint density at radius 1 is 1.26 bits per heavy atom. The second-order valence-electron chi connectivity index (χ2n) is 4.93. The van der Waals surface area contributed by atoms with E-state index in [2.05, 4.69) is 9.97 Å². The number of halogens is 3. The second kappa shape index (κ2) is 6.67. The fourth-order valence-electron chi connectivity index (χ4n) is 2.46. The number of aromatic nitrogens is 2. The molecule has 118 valence electrons. The number of ether oxygens (including phenoxy) is 1. The molecule has 8 heteroatoms. The summed E-state index contributed by atoms with van der Waals surface area (Å²) in [6.07, 6.45) is 2.54. The maximum atomic E-state index is 13.7. The van der Waals surface area contributed by atoms with Crippen LogP contribution in [0.5, 0.6) is 0 Å². The molecule has 0 bridgehead atoms. The first kappa shape index (κ1) is 15.9. The summed E-state index contributed by atoms with van der Waals surface area (Å²) in [6, 6.07) is 4.65. The zero-order valence-corrected chi connectivity index (χ0v) is 13.4. The minimum Gasteiger partial charge on any atom is -0.370 e. The third-order valence-electron chi connectivity index (χ3n) is 3.54. The number of nitriles is 1. The van der Waals surface area contributed by atoms with Crippen molar-refractivity contribution in [1.29, 1.82) is 5.26 Å². The highest BCUT2D eigenvalue weighted by Gasteiger charge is 2.27. The molecule has 1 fully saturated rings. The van der Waals surface area contributed by atoms with Gasteiger partial charge in [0.25, 0.3) is 0 Å². The lowest BCUT2D eigenvalue weighted by atomic mass is 10.1. The number of benzene rings is 1. The molecule has 5 nitrogen and oxygen atoms in total. The number of rotatable bonds is 2.